The van der Waals surface area contributed by atoms with Crippen LogP contribution in [0.5, 0.6) is 0 Å². The SMILES string of the molecule is CCCN(C1CC1)C1(CN)CC(C)N(C)C1. The Hall–Kier alpha value is -0.120. The van der Waals surface area contributed by atoms with E-state index < -0.39 is 0 Å². The minimum Gasteiger partial charge on any atom is -0.329 e. The zero-order chi connectivity index (χ0) is 11.8. The standard InChI is InChI=1S/C13H27N3/c1-4-7-16(12-5-6-12)13(9-14)8-11(2)15(3)10-13/h11-12H,4-10,14H2,1-3H3. The molecule has 3 nitrogen and oxygen atoms in total. The Morgan fingerprint density at radius 2 is 2.12 bits per heavy atom. The highest BCUT2D eigenvalue weighted by molar-refractivity contribution is 5.06. The van der Waals surface area contributed by atoms with Gasteiger partial charge in [-0.25, -0.2) is 0 Å². The van der Waals surface area contributed by atoms with Gasteiger partial charge in [-0.2, -0.15) is 0 Å². The minimum absolute atomic E-state index is 0.269. The third kappa shape index (κ3) is 2.13. The second-order valence-electron chi connectivity index (χ2n) is 5.82. The molecule has 0 spiro atoms. The number of hydrogen-bond acceptors (Lipinski definition) is 3. The fraction of sp³-hybridized carbons (Fsp3) is 1.00. The van der Waals surface area contributed by atoms with Gasteiger partial charge in [-0.1, -0.05) is 6.92 Å². The highest BCUT2D eigenvalue weighted by Gasteiger charge is 2.48. The molecule has 2 aliphatic rings. The smallest absolute Gasteiger partial charge is 0.0476 e. The molecule has 2 rings (SSSR count). The van der Waals surface area contributed by atoms with Crippen molar-refractivity contribution in [2.75, 3.05) is 26.7 Å². The van der Waals surface area contributed by atoms with Crippen LogP contribution in [0.4, 0.5) is 0 Å². The second kappa shape index (κ2) is 4.63. The molecule has 0 amide bonds. The fourth-order valence-electron chi connectivity index (χ4n) is 3.30. The molecule has 0 aromatic rings. The molecule has 1 aliphatic carbocycles. The van der Waals surface area contributed by atoms with Crippen LogP contribution in [0.25, 0.3) is 0 Å². The predicted molar refractivity (Wildman–Crippen MR) is 68.5 cm³/mol. The van der Waals surface area contributed by atoms with Crippen molar-refractivity contribution < 1.29 is 0 Å². The van der Waals surface area contributed by atoms with Crippen LogP contribution in [0.2, 0.25) is 0 Å². The Labute approximate surface area is 100.0 Å². The van der Waals surface area contributed by atoms with Crippen LogP contribution >= 0.6 is 0 Å². The molecule has 2 fully saturated rings. The molecular formula is C13H27N3. The molecule has 1 saturated heterocycles. The first kappa shape index (κ1) is 12.3. The Morgan fingerprint density at radius 3 is 2.50 bits per heavy atom. The number of rotatable bonds is 5. The van der Waals surface area contributed by atoms with Gasteiger partial charge >= 0.3 is 0 Å². The van der Waals surface area contributed by atoms with Crippen LogP contribution in [-0.4, -0.2) is 54.1 Å². The van der Waals surface area contributed by atoms with Gasteiger partial charge in [0, 0.05) is 30.7 Å². The molecule has 1 heterocycles. The monoisotopic (exact) mass is 225 g/mol. The summed E-state index contributed by atoms with van der Waals surface area (Å²) in [5.41, 5.74) is 6.39. The summed E-state index contributed by atoms with van der Waals surface area (Å²) < 4.78 is 0. The quantitative estimate of drug-likeness (QED) is 0.765. The van der Waals surface area contributed by atoms with Crippen molar-refractivity contribution in [2.24, 2.45) is 5.73 Å². The van der Waals surface area contributed by atoms with Crippen molar-refractivity contribution in [1.29, 1.82) is 0 Å². The second-order valence-corrected chi connectivity index (χ2v) is 5.82. The molecule has 2 atom stereocenters. The average Bonchev–Trinajstić information content (AvgIpc) is 3.04. The Kier molecular flexibility index (Phi) is 3.57. The van der Waals surface area contributed by atoms with E-state index in [-0.39, 0.29) is 5.54 Å². The van der Waals surface area contributed by atoms with Gasteiger partial charge in [0.2, 0.25) is 0 Å². The lowest BCUT2D eigenvalue weighted by Gasteiger charge is -2.41. The van der Waals surface area contributed by atoms with Crippen molar-refractivity contribution in [3.63, 3.8) is 0 Å². The Balaban J connectivity index is 2.12. The van der Waals surface area contributed by atoms with Crippen LogP contribution in [-0.2, 0) is 0 Å². The topological polar surface area (TPSA) is 32.5 Å². The Bertz CT molecular complexity index is 227. The number of nitrogens with zero attached hydrogens (tertiary/aromatic N) is 2. The molecular weight excluding hydrogens is 198 g/mol. The molecule has 2 unspecified atom stereocenters. The molecule has 0 aromatic heterocycles. The third-order valence-corrected chi connectivity index (χ3v) is 4.41. The van der Waals surface area contributed by atoms with E-state index in [0.717, 1.165) is 19.1 Å². The van der Waals surface area contributed by atoms with Gasteiger partial charge < -0.3 is 10.6 Å². The number of likely N-dealkylation sites (N-methyl/N-ethyl adjacent to an activating group) is 1. The van der Waals surface area contributed by atoms with E-state index in [1.54, 1.807) is 0 Å². The Morgan fingerprint density at radius 1 is 1.44 bits per heavy atom. The maximum Gasteiger partial charge on any atom is 0.0476 e. The minimum atomic E-state index is 0.269. The lowest BCUT2D eigenvalue weighted by molar-refractivity contribution is 0.0923. The fourth-order valence-corrected chi connectivity index (χ4v) is 3.30. The third-order valence-electron chi connectivity index (χ3n) is 4.41. The van der Waals surface area contributed by atoms with Crippen LogP contribution in [0, 0.1) is 0 Å². The first-order valence-electron chi connectivity index (χ1n) is 6.80. The van der Waals surface area contributed by atoms with Crippen LogP contribution in [0.1, 0.15) is 39.5 Å². The van der Waals surface area contributed by atoms with Crippen LogP contribution < -0.4 is 5.73 Å². The van der Waals surface area contributed by atoms with Gasteiger partial charge in [-0.3, -0.25) is 4.90 Å². The lowest BCUT2D eigenvalue weighted by atomic mass is 9.93. The summed E-state index contributed by atoms with van der Waals surface area (Å²) in [5.74, 6) is 0. The summed E-state index contributed by atoms with van der Waals surface area (Å²) in [6, 6.07) is 1.52. The van der Waals surface area contributed by atoms with Crippen molar-refractivity contribution in [3.05, 3.63) is 0 Å². The molecule has 94 valence electrons. The zero-order valence-electron chi connectivity index (χ0n) is 11.1. The van der Waals surface area contributed by atoms with Crippen LogP contribution in [0.15, 0.2) is 0 Å². The number of nitrogens with two attached hydrogens (primary N) is 1. The average molecular weight is 225 g/mol. The van der Waals surface area contributed by atoms with E-state index in [1.165, 1.54) is 32.2 Å². The van der Waals surface area contributed by atoms with Gasteiger partial charge in [-0.05, 0) is 46.2 Å². The highest BCUT2D eigenvalue weighted by atomic mass is 15.3. The summed E-state index contributed by atoms with van der Waals surface area (Å²) in [4.78, 5) is 5.20. The van der Waals surface area contributed by atoms with E-state index in [9.17, 15) is 0 Å². The van der Waals surface area contributed by atoms with Crippen molar-refractivity contribution in [1.82, 2.24) is 9.80 Å². The summed E-state index contributed by atoms with van der Waals surface area (Å²) in [6.07, 6.45) is 5.27. The van der Waals surface area contributed by atoms with Gasteiger partial charge in [-0.15, -0.1) is 0 Å². The predicted octanol–water partition coefficient (Wildman–Crippen LogP) is 1.28. The summed E-state index contributed by atoms with van der Waals surface area (Å²) in [5, 5.41) is 0. The largest absolute Gasteiger partial charge is 0.329 e. The molecule has 1 aliphatic heterocycles. The molecule has 0 radical (unpaired) electrons. The number of likely N-dealkylation sites (tertiary alicyclic amines) is 1. The molecule has 2 N–H and O–H groups in total. The van der Waals surface area contributed by atoms with E-state index in [4.69, 9.17) is 5.73 Å². The number of hydrogen-bond donors (Lipinski definition) is 1. The van der Waals surface area contributed by atoms with E-state index in [2.05, 4.69) is 30.7 Å². The van der Waals surface area contributed by atoms with Crippen LogP contribution in [0.3, 0.4) is 0 Å². The van der Waals surface area contributed by atoms with Crippen molar-refractivity contribution in [2.45, 2.75) is 57.2 Å². The zero-order valence-corrected chi connectivity index (χ0v) is 11.1. The van der Waals surface area contributed by atoms with Gasteiger partial charge in [0.05, 0.1) is 0 Å². The first-order valence-corrected chi connectivity index (χ1v) is 6.80. The lowest BCUT2D eigenvalue weighted by Crippen LogP contribution is -2.56. The first-order chi connectivity index (χ1) is 7.63. The summed E-state index contributed by atoms with van der Waals surface area (Å²) in [7, 11) is 2.24. The van der Waals surface area contributed by atoms with E-state index in [1.807, 2.05) is 0 Å². The molecule has 16 heavy (non-hydrogen) atoms. The van der Waals surface area contributed by atoms with Crippen molar-refractivity contribution in [3.8, 4) is 0 Å². The van der Waals surface area contributed by atoms with Gasteiger partial charge in [0.15, 0.2) is 0 Å². The molecule has 0 bridgehead atoms. The van der Waals surface area contributed by atoms with E-state index in [0.29, 0.717) is 6.04 Å². The van der Waals surface area contributed by atoms with Gasteiger partial charge in [0.25, 0.3) is 0 Å². The highest BCUT2D eigenvalue weighted by Crippen LogP contribution is 2.38. The molecule has 1 saturated carbocycles. The maximum atomic E-state index is 6.12. The van der Waals surface area contributed by atoms with E-state index >= 15 is 0 Å². The molecule has 0 aromatic carbocycles. The van der Waals surface area contributed by atoms with Gasteiger partial charge in [0.1, 0.15) is 0 Å². The summed E-state index contributed by atoms with van der Waals surface area (Å²) >= 11 is 0. The van der Waals surface area contributed by atoms with Crippen molar-refractivity contribution >= 4 is 0 Å². The normalized spacial score (nSPS) is 36.2. The molecule has 3 heteroatoms. The summed E-state index contributed by atoms with van der Waals surface area (Å²) in [6.45, 7) is 7.80. The maximum absolute atomic E-state index is 6.12.